The van der Waals surface area contributed by atoms with Crippen LogP contribution in [0.25, 0.3) is 5.76 Å². The lowest BCUT2D eigenvalue weighted by Crippen LogP contribution is -2.29. The number of ether oxygens (including phenoxy) is 2. The summed E-state index contributed by atoms with van der Waals surface area (Å²) < 4.78 is 11.2. The fourth-order valence-electron chi connectivity index (χ4n) is 5.00. The van der Waals surface area contributed by atoms with Gasteiger partial charge < -0.3 is 19.7 Å². The van der Waals surface area contributed by atoms with E-state index in [1.165, 1.54) is 12.0 Å². The van der Waals surface area contributed by atoms with Crippen LogP contribution in [0.3, 0.4) is 0 Å². The van der Waals surface area contributed by atoms with Gasteiger partial charge >= 0.3 is 5.97 Å². The molecule has 1 atom stereocenters. The number of nitrogens with zero attached hydrogens (tertiary/aromatic N) is 1. The highest BCUT2D eigenvalue weighted by molar-refractivity contribution is 6.51. The SMILES string of the molecule is COc1ccc(C2/C(=C(/O)c3ccc(OCc4ccccc4)c(C)c3)C(=O)C(=O)N2c2ccc(CC(=O)O)cc2)cc1. The van der Waals surface area contributed by atoms with Gasteiger partial charge in [-0.15, -0.1) is 0 Å². The van der Waals surface area contributed by atoms with Crippen LogP contribution in [0.4, 0.5) is 5.69 Å². The maximum Gasteiger partial charge on any atom is 0.307 e. The van der Waals surface area contributed by atoms with Crippen molar-refractivity contribution in [1.82, 2.24) is 0 Å². The molecule has 1 fully saturated rings. The van der Waals surface area contributed by atoms with Gasteiger partial charge in [0.05, 0.1) is 25.1 Å². The number of methoxy groups -OCH3 is 1. The molecular weight excluding hydrogens is 534 g/mol. The van der Waals surface area contributed by atoms with Crippen LogP contribution < -0.4 is 14.4 Å². The molecule has 0 aromatic heterocycles. The largest absolute Gasteiger partial charge is 0.507 e. The van der Waals surface area contributed by atoms with E-state index in [0.29, 0.717) is 40.5 Å². The van der Waals surface area contributed by atoms with E-state index in [4.69, 9.17) is 14.6 Å². The molecule has 0 radical (unpaired) electrons. The summed E-state index contributed by atoms with van der Waals surface area (Å²) in [5, 5.41) is 20.6. The topological polar surface area (TPSA) is 113 Å². The molecule has 1 saturated heterocycles. The highest BCUT2D eigenvalue weighted by atomic mass is 16.5. The van der Waals surface area contributed by atoms with Gasteiger partial charge in [-0.1, -0.05) is 54.6 Å². The number of Topliss-reactive ketones (excluding diaryl/α,β-unsaturated/α-hetero) is 1. The molecule has 1 heterocycles. The quantitative estimate of drug-likeness (QED) is 0.150. The molecule has 4 aromatic carbocycles. The van der Waals surface area contributed by atoms with Gasteiger partial charge in [0.2, 0.25) is 0 Å². The zero-order chi connectivity index (χ0) is 29.8. The van der Waals surface area contributed by atoms with Gasteiger partial charge in [-0.3, -0.25) is 19.3 Å². The molecule has 8 heteroatoms. The molecule has 1 aliphatic rings. The highest BCUT2D eigenvalue weighted by Gasteiger charge is 2.47. The summed E-state index contributed by atoms with van der Waals surface area (Å²) in [6.07, 6.45) is -0.175. The summed E-state index contributed by atoms with van der Waals surface area (Å²) in [7, 11) is 1.54. The number of ketones is 1. The Morgan fingerprint density at radius 2 is 1.55 bits per heavy atom. The molecule has 212 valence electrons. The third-order valence-electron chi connectivity index (χ3n) is 7.13. The number of benzene rings is 4. The predicted octanol–water partition coefficient (Wildman–Crippen LogP) is 5.84. The summed E-state index contributed by atoms with van der Waals surface area (Å²) in [4.78, 5) is 39.4. The molecule has 1 aliphatic heterocycles. The Balaban J connectivity index is 1.54. The van der Waals surface area contributed by atoms with Gasteiger partial charge in [-0.05, 0) is 71.6 Å². The molecule has 1 amide bonds. The number of aliphatic hydroxyl groups is 1. The van der Waals surface area contributed by atoms with E-state index in [0.717, 1.165) is 11.1 Å². The number of carbonyl (C=O) groups excluding carboxylic acids is 2. The van der Waals surface area contributed by atoms with Crippen LogP contribution >= 0.6 is 0 Å². The Bertz CT molecular complexity index is 1660. The zero-order valence-corrected chi connectivity index (χ0v) is 23.1. The molecule has 0 aliphatic carbocycles. The third kappa shape index (κ3) is 5.74. The molecular formula is C34H29NO7. The van der Waals surface area contributed by atoms with Crippen molar-refractivity contribution in [3.05, 3.63) is 130 Å². The number of aliphatic carboxylic acids is 1. The summed E-state index contributed by atoms with van der Waals surface area (Å²) >= 11 is 0. The van der Waals surface area contributed by atoms with E-state index in [2.05, 4.69) is 0 Å². The Labute approximate surface area is 243 Å². The van der Waals surface area contributed by atoms with Crippen LogP contribution in [0.1, 0.15) is 33.9 Å². The first-order valence-corrected chi connectivity index (χ1v) is 13.3. The lowest BCUT2D eigenvalue weighted by atomic mass is 9.94. The second-order valence-corrected chi connectivity index (χ2v) is 9.93. The van der Waals surface area contributed by atoms with Gasteiger partial charge in [0.1, 0.15) is 23.9 Å². The van der Waals surface area contributed by atoms with Gasteiger partial charge in [0.15, 0.2) is 0 Å². The number of rotatable bonds is 9. The van der Waals surface area contributed by atoms with Crippen molar-refractivity contribution in [2.24, 2.45) is 0 Å². The second kappa shape index (κ2) is 12.0. The Morgan fingerprint density at radius 3 is 2.17 bits per heavy atom. The first-order valence-electron chi connectivity index (χ1n) is 13.3. The lowest BCUT2D eigenvalue weighted by Gasteiger charge is -2.26. The number of hydrogen-bond donors (Lipinski definition) is 2. The maximum atomic E-state index is 13.5. The number of anilines is 1. The smallest absolute Gasteiger partial charge is 0.307 e. The minimum absolute atomic E-state index is 0.0582. The summed E-state index contributed by atoms with van der Waals surface area (Å²) in [5.74, 6) is -1.70. The van der Waals surface area contributed by atoms with E-state index >= 15 is 0 Å². The maximum absolute atomic E-state index is 13.5. The average molecular weight is 564 g/mol. The van der Waals surface area contributed by atoms with Crippen molar-refractivity contribution in [1.29, 1.82) is 0 Å². The van der Waals surface area contributed by atoms with Crippen LogP contribution in [0, 0.1) is 6.92 Å². The molecule has 0 bridgehead atoms. The lowest BCUT2D eigenvalue weighted by molar-refractivity contribution is -0.136. The fourth-order valence-corrected chi connectivity index (χ4v) is 5.00. The minimum Gasteiger partial charge on any atom is -0.507 e. The molecule has 1 unspecified atom stereocenters. The predicted molar refractivity (Wildman–Crippen MR) is 158 cm³/mol. The van der Waals surface area contributed by atoms with Crippen molar-refractivity contribution >= 4 is 29.1 Å². The van der Waals surface area contributed by atoms with Crippen molar-refractivity contribution in [2.75, 3.05) is 12.0 Å². The Hall–Kier alpha value is -5.37. The van der Waals surface area contributed by atoms with Crippen molar-refractivity contribution in [3.8, 4) is 11.5 Å². The fraction of sp³-hybridized carbons (Fsp3) is 0.147. The van der Waals surface area contributed by atoms with Crippen LogP contribution in [-0.2, 0) is 27.4 Å². The molecule has 8 nitrogen and oxygen atoms in total. The van der Waals surface area contributed by atoms with E-state index in [9.17, 15) is 19.5 Å². The van der Waals surface area contributed by atoms with Crippen LogP contribution in [-0.4, -0.2) is 35.0 Å². The number of carbonyl (C=O) groups is 3. The zero-order valence-electron chi connectivity index (χ0n) is 23.1. The van der Waals surface area contributed by atoms with Crippen LogP contribution in [0.5, 0.6) is 11.5 Å². The van der Waals surface area contributed by atoms with Crippen molar-refractivity contribution < 1.29 is 34.1 Å². The molecule has 42 heavy (non-hydrogen) atoms. The van der Waals surface area contributed by atoms with Crippen LogP contribution in [0.15, 0.2) is 103 Å². The minimum atomic E-state index is -0.979. The molecule has 4 aromatic rings. The Kier molecular flexibility index (Phi) is 8.06. The van der Waals surface area contributed by atoms with Crippen LogP contribution in [0.2, 0.25) is 0 Å². The third-order valence-corrected chi connectivity index (χ3v) is 7.13. The number of amides is 1. The molecule has 5 rings (SSSR count). The summed E-state index contributed by atoms with van der Waals surface area (Å²) in [5.41, 5.74) is 3.61. The number of aryl methyl sites for hydroxylation is 1. The normalized spacial score (nSPS) is 16.0. The average Bonchev–Trinajstić information content (AvgIpc) is 3.26. The monoisotopic (exact) mass is 563 g/mol. The number of aliphatic hydroxyl groups excluding tert-OH is 1. The number of hydrogen-bond acceptors (Lipinski definition) is 6. The van der Waals surface area contributed by atoms with E-state index in [1.807, 2.05) is 37.3 Å². The van der Waals surface area contributed by atoms with Gasteiger partial charge in [-0.2, -0.15) is 0 Å². The standard InChI is InChI=1S/C34H29NO7/c1-21-18-25(12-17-28(21)42-20-23-6-4-3-5-7-23)32(38)30-31(24-10-15-27(41-2)16-11-24)35(34(40)33(30)39)26-13-8-22(9-14-26)19-29(36)37/h3-18,31,38H,19-20H2,1-2H3,(H,36,37)/b32-30-. The molecule has 0 spiro atoms. The molecule has 0 saturated carbocycles. The summed E-state index contributed by atoms with van der Waals surface area (Å²) in [6, 6.07) is 27.2. The van der Waals surface area contributed by atoms with Gasteiger partial charge in [-0.25, -0.2) is 0 Å². The highest BCUT2D eigenvalue weighted by Crippen LogP contribution is 2.43. The van der Waals surface area contributed by atoms with Crippen molar-refractivity contribution in [3.63, 3.8) is 0 Å². The number of carboxylic acid groups (broad SMARTS) is 1. The van der Waals surface area contributed by atoms with Gasteiger partial charge in [0, 0.05) is 11.3 Å². The molecule has 2 N–H and O–H groups in total. The first-order chi connectivity index (χ1) is 20.3. The van der Waals surface area contributed by atoms with E-state index in [1.54, 1.807) is 66.7 Å². The van der Waals surface area contributed by atoms with E-state index in [-0.39, 0.29) is 17.8 Å². The Morgan fingerprint density at radius 1 is 0.857 bits per heavy atom. The van der Waals surface area contributed by atoms with Gasteiger partial charge in [0.25, 0.3) is 11.7 Å². The van der Waals surface area contributed by atoms with E-state index < -0.39 is 23.7 Å². The number of carboxylic acids is 1. The van der Waals surface area contributed by atoms with Crippen molar-refractivity contribution in [2.45, 2.75) is 26.0 Å². The first kappa shape index (κ1) is 28.2. The summed E-state index contributed by atoms with van der Waals surface area (Å²) in [6.45, 7) is 2.22. The second-order valence-electron chi connectivity index (χ2n) is 9.93.